The predicted molar refractivity (Wildman–Crippen MR) is 104 cm³/mol. The van der Waals surface area contributed by atoms with E-state index in [1.54, 1.807) is 18.3 Å². The molecule has 0 spiro atoms. The summed E-state index contributed by atoms with van der Waals surface area (Å²) in [5.41, 5.74) is -0.306. The maximum Gasteiger partial charge on any atom is 0.416 e. The van der Waals surface area contributed by atoms with Crippen LogP contribution < -0.4 is 9.64 Å². The fraction of sp³-hybridized carbons (Fsp3) is 0.476. The van der Waals surface area contributed by atoms with Gasteiger partial charge < -0.3 is 14.5 Å². The van der Waals surface area contributed by atoms with Gasteiger partial charge in [-0.15, -0.1) is 0 Å². The summed E-state index contributed by atoms with van der Waals surface area (Å²) >= 11 is 0. The van der Waals surface area contributed by atoms with E-state index in [4.69, 9.17) is 4.74 Å². The number of piperidine rings is 1. The number of alkyl halides is 3. The van der Waals surface area contributed by atoms with E-state index in [1.807, 2.05) is 16.7 Å². The Bertz CT molecular complexity index is 921. The molecule has 2 aliphatic heterocycles. The summed E-state index contributed by atoms with van der Waals surface area (Å²) in [6.07, 6.45) is 0.0333. The second-order valence-corrected chi connectivity index (χ2v) is 7.54. The van der Waals surface area contributed by atoms with Crippen LogP contribution in [0.5, 0.6) is 5.88 Å². The van der Waals surface area contributed by atoms with Crippen LogP contribution in [0, 0.1) is 5.92 Å². The van der Waals surface area contributed by atoms with Crippen molar-refractivity contribution in [2.24, 2.45) is 5.92 Å². The number of nitrogens with zero attached hydrogens (tertiary/aromatic N) is 4. The van der Waals surface area contributed by atoms with Crippen molar-refractivity contribution in [1.29, 1.82) is 0 Å². The van der Waals surface area contributed by atoms with Crippen molar-refractivity contribution in [2.75, 3.05) is 31.1 Å². The lowest BCUT2D eigenvalue weighted by Gasteiger charge is -2.39. The van der Waals surface area contributed by atoms with Crippen LogP contribution in [0.2, 0.25) is 0 Å². The molecule has 0 N–H and O–H groups in total. The van der Waals surface area contributed by atoms with Gasteiger partial charge in [0.1, 0.15) is 11.4 Å². The van der Waals surface area contributed by atoms with Gasteiger partial charge in [-0.05, 0) is 49.9 Å². The number of likely N-dealkylation sites (tertiary alicyclic amines) is 1. The Morgan fingerprint density at radius 2 is 2.00 bits per heavy atom. The molecular weight excluding hydrogens is 397 g/mol. The highest BCUT2D eigenvalue weighted by molar-refractivity contribution is 5.96. The fourth-order valence-corrected chi connectivity index (χ4v) is 4.33. The van der Waals surface area contributed by atoms with Crippen molar-refractivity contribution < 1.29 is 22.7 Å². The zero-order chi connectivity index (χ0) is 21.3. The fourth-order valence-electron chi connectivity index (χ4n) is 4.33. The van der Waals surface area contributed by atoms with Crippen LogP contribution in [-0.2, 0) is 6.18 Å². The number of hydrogen-bond donors (Lipinski definition) is 0. The monoisotopic (exact) mass is 420 g/mol. The topological polar surface area (TPSA) is 58.6 Å². The van der Waals surface area contributed by atoms with Crippen LogP contribution in [-0.4, -0.2) is 53.1 Å². The largest absolute Gasteiger partial charge is 0.477 e. The van der Waals surface area contributed by atoms with Crippen molar-refractivity contribution in [2.45, 2.75) is 32.0 Å². The quantitative estimate of drug-likeness (QED) is 0.756. The summed E-state index contributed by atoms with van der Waals surface area (Å²) in [5.74, 6) is 0.765. The third-order valence-corrected chi connectivity index (χ3v) is 5.80. The summed E-state index contributed by atoms with van der Waals surface area (Å²) in [6.45, 7) is 3.91. The molecule has 0 aliphatic carbocycles. The molecular formula is C21H23F3N4O2. The first-order valence-corrected chi connectivity index (χ1v) is 10.1. The molecule has 2 unspecified atom stereocenters. The molecule has 0 radical (unpaired) electrons. The lowest BCUT2D eigenvalue weighted by molar-refractivity contribution is -0.137. The number of aromatic nitrogens is 2. The second kappa shape index (κ2) is 8.12. The number of ether oxygens (including phenoxy) is 1. The van der Waals surface area contributed by atoms with Crippen molar-refractivity contribution in [3.8, 4) is 5.88 Å². The minimum absolute atomic E-state index is 0.0859. The number of pyridine rings is 2. The number of carbonyl (C=O) groups is 1. The van der Waals surface area contributed by atoms with Gasteiger partial charge in [0.2, 0.25) is 5.88 Å². The molecule has 160 valence electrons. The number of anilines is 1. The number of carbonyl (C=O) groups excluding carboxylic acids is 1. The molecule has 0 aromatic carbocycles. The molecule has 4 heterocycles. The van der Waals surface area contributed by atoms with Crippen LogP contribution in [0.4, 0.5) is 19.0 Å². The third-order valence-electron chi connectivity index (χ3n) is 5.80. The molecule has 2 saturated heterocycles. The van der Waals surface area contributed by atoms with Crippen LogP contribution in [0.15, 0.2) is 36.7 Å². The molecule has 1 amide bonds. The first-order valence-electron chi connectivity index (χ1n) is 10.1. The molecule has 0 bridgehead atoms. The number of fused-ring (bicyclic) bond motifs is 1. The van der Waals surface area contributed by atoms with Gasteiger partial charge in [0.15, 0.2) is 0 Å². The van der Waals surface area contributed by atoms with Crippen molar-refractivity contribution in [3.05, 3.63) is 47.8 Å². The van der Waals surface area contributed by atoms with Gasteiger partial charge in [-0.25, -0.2) is 9.97 Å². The standard InChI is InChI=1S/C21H23F3N4O2/c1-2-30-19-16(4-3-8-26-19)20(29)28-11-7-14-6-10-27(13-17(14)28)18-12-15(5-9-25-18)21(22,23)24/h3-5,8-9,12,14,17H,2,6-7,10-11,13H2,1H3. The Morgan fingerprint density at radius 1 is 1.20 bits per heavy atom. The Balaban J connectivity index is 1.55. The van der Waals surface area contributed by atoms with Crippen molar-refractivity contribution >= 4 is 11.7 Å². The molecule has 4 rings (SSSR count). The predicted octanol–water partition coefficient (Wildman–Crippen LogP) is 3.64. The smallest absolute Gasteiger partial charge is 0.416 e. The van der Waals surface area contributed by atoms with Gasteiger partial charge in [0.05, 0.1) is 18.2 Å². The molecule has 0 saturated carbocycles. The van der Waals surface area contributed by atoms with E-state index in [0.29, 0.717) is 49.4 Å². The van der Waals surface area contributed by atoms with E-state index in [1.165, 1.54) is 6.20 Å². The highest BCUT2D eigenvalue weighted by atomic mass is 19.4. The summed E-state index contributed by atoms with van der Waals surface area (Å²) in [7, 11) is 0. The first-order chi connectivity index (χ1) is 14.4. The van der Waals surface area contributed by atoms with Crippen LogP contribution in [0.25, 0.3) is 0 Å². The van der Waals surface area contributed by atoms with Crippen LogP contribution in [0.1, 0.15) is 35.7 Å². The van der Waals surface area contributed by atoms with Gasteiger partial charge in [0, 0.05) is 32.0 Å². The van der Waals surface area contributed by atoms with Gasteiger partial charge in [-0.2, -0.15) is 13.2 Å². The molecule has 9 heteroatoms. The van der Waals surface area contributed by atoms with Crippen LogP contribution in [0.3, 0.4) is 0 Å². The zero-order valence-electron chi connectivity index (χ0n) is 16.6. The molecule has 2 fully saturated rings. The van der Waals surface area contributed by atoms with Crippen molar-refractivity contribution in [1.82, 2.24) is 14.9 Å². The Hall–Kier alpha value is -2.84. The average molecular weight is 420 g/mol. The summed E-state index contributed by atoms with van der Waals surface area (Å²) in [5, 5.41) is 0. The third kappa shape index (κ3) is 3.93. The van der Waals surface area contributed by atoms with Crippen molar-refractivity contribution in [3.63, 3.8) is 0 Å². The maximum absolute atomic E-state index is 13.2. The number of amides is 1. The van der Waals surface area contributed by atoms with E-state index in [2.05, 4.69) is 9.97 Å². The van der Waals surface area contributed by atoms with E-state index < -0.39 is 11.7 Å². The Morgan fingerprint density at radius 3 is 2.77 bits per heavy atom. The van der Waals surface area contributed by atoms with E-state index in [9.17, 15) is 18.0 Å². The molecule has 2 atom stereocenters. The number of hydrogen-bond acceptors (Lipinski definition) is 5. The summed E-state index contributed by atoms with van der Waals surface area (Å²) in [6, 6.07) is 5.36. The molecule has 2 aromatic rings. The van der Waals surface area contributed by atoms with Gasteiger partial charge in [0.25, 0.3) is 5.91 Å². The normalized spacial score (nSPS) is 21.5. The SMILES string of the molecule is CCOc1ncccc1C(=O)N1CCC2CCN(c3cc(C(F)(F)F)ccn3)CC21. The molecule has 6 nitrogen and oxygen atoms in total. The Kier molecular flexibility index (Phi) is 5.53. The second-order valence-electron chi connectivity index (χ2n) is 7.54. The van der Waals surface area contributed by atoms with Gasteiger partial charge in [-0.3, -0.25) is 4.79 Å². The zero-order valence-corrected chi connectivity index (χ0v) is 16.6. The Labute approximate surface area is 172 Å². The lowest BCUT2D eigenvalue weighted by atomic mass is 9.92. The lowest BCUT2D eigenvalue weighted by Crippen LogP contribution is -2.50. The molecule has 30 heavy (non-hydrogen) atoms. The minimum Gasteiger partial charge on any atom is -0.477 e. The summed E-state index contributed by atoms with van der Waals surface area (Å²) < 4.78 is 44.8. The summed E-state index contributed by atoms with van der Waals surface area (Å²) in [4.78, 5) is 25.2. The molecule has 2 aliphatic rings. The molecule has 2 aromatic heterocycles. The van der Waals surface area contributed by atoms with Gasteiger partial charge >= 0.3 is 6.18 Å². The first kappa shape index (κ1) is 20.4. The highest BCUT2D eigenvalue weighted by Gasteiger charge is 2.42. The van der Waals surface area contributed by atoms with E-state index in [-0.39, 0.29) is 11.9 Å². The van der Waals surface area contributed by atoms with Crippen LogP contribution >= 0.6 is 0 Å². The maximum atomic E-state index is 13.2. The van der Waals surface area contributed by atoms with E-state index >= 15 is 0 Å². The van der Waals surface area contributed by atoms with Gasteiger partial charge in [-0.1, -0.05) is 0 Å². The average Bonchev–Trinajstić information content (AvgIpc) is 3.16. The van der Waals surface area contributed by atoms with E-state index in [0.717, 1.165) is 25.0 Å². The number of rotatable bonds is 4. The highest BCUT2D eigenvalue weighted by Crippen LogP contribution is 2.36. The minimum atomic E-state index is -4.42. The number of halogens is 3.